The Morgan fingerprint density at radius 3 is 2.37 bits per heavy atom. The number of alkyl halides is 4. The SMILES string of the molecule is Cc1nn(CC(F)(F)C(F)F)c(=O)c(C(=O)O)c1C. The Balaban J connectivity index is 3.40. The van der Waals surface area contributed by atoms with Crippen LogP contribution in [0.5, 0.6) is 0 Å². The van der Waals surface area contributed by atoms with Crippen molar-refractivity contribution in [3.63, 3.8) is 0 Å². The highest BCUT2D eigenvalue weighted by atomic mass is 19.3. The van der Waals surface area contributed by atoms with Crippen LogP contribution in [0.4, 0.5) is 17.6 Å². The van der Waals surface area contributed by atoms with Crippen LogP contribution >= 0.6 is 0 Å². The lowest BCUT2D eigenvalue weighted by atomic mass is 10.1. The van der Waals surface area contributed by atoms with Gasteiger partial charge in [-0.15, -0.1) is 0 Å². The van der Waals surface area contributed by atoms with Crippen molar-refractivity contribution in [2.24, 2.45) is 0 Å². The molecule has 0 aromatic carbocycles. The molecule has 0 aliphatic carbocycles. The highest BCUT2D eigenvalue weighted by Gasteiger charge is 2.42. The van der Waals surface area contributed by atoms with Crippen molar-refractivity contribution >= 4 is 5.97 Å². The van der Waals surface area contributed by atoms with Gasteiger partial charge in [0.25, 0.3) is 5.56 Å². The first-order valence-electron chi connectivity index (χ1n) is 5.05. The average Bonchev–Trinajstić information content (AvgIpc) is 2.25. The Hall–Kier alpha value is -1.93. The van der Waals surface area contributed by atoms with Crippen molar-refractivity contribution in [1.29, 1.82) is 0 Å². The fourth-order valence-electron chi connectivity index (χ4n) is 1.40. The van der Waals surface area contributed by atoms with Crippen LogP contribution in [-0.2, 0) is 6.54 Å². The molecule has 5 nitrogen and oxygen atoms in total. The maximum absolute atomic E-state index is 12.9. The van der Waals surface area contributed by atoms with E-state index >= 15 is 0 Å². The smallest absolute Gasteiger partial charge is 0.341 e. The first kappa shape index (κ1) is 15.1. The summed E-state index contributed by atoms with van der Waals surface area (Å²) in [6.07, 6.45) is -3.98. The third-order valence-electron chi connectivity index (χ3n) is 2.53. The Morgan fingerprint density at radius 2 is 1.95 bits per heavy atom. The topological polar surface area (TPSA) is 72.2 Å². The van der Waals surface area contributed by atoms with E-state index in [2.05, 4.69) is 5.10 Å². The molecule has 106 valence electrons. The zero-order valence-corrected chi connectivity index (χ0v) is 9.95. The number of aryl methyl sites for hydroxylation is 1. The summed E-state index contributed by atoms with van der Waals surface area (Å²) in [6, 6.07) is 0. The normalized spacial score (nSPS) is 11.9. The summed E-state index contributed by atoms with van der Waals surface area (Å²) >= 11 is 0. The fourth-order valence-corrected chi connectivity index (χ4v) is 1.40. The summed E-state index contributed by atoms with van der Waals surface area (Å²) in [5.74, 6) is -6.09. The zero-order valence-electron chi connectivity index (χ0n) is 9.95. The predicted molar refractivity (Wildman–Crippen MR) is 55.9 cm³/mol. The number of nitrogens with zero attached hydrogens (tertiary/aromatic N) is 2. The molecule has 0 bridgehead atoms. The fraction of sp³-hybridized carbons (Fsp3) is 0.500. The van der Waals surface area contributed by atoms with E-state index in [0.29, 0.717) is 0 Å². The van der Waals surface area contributed by atoms with Gasteiger partial charge in [-0.05, 0) is 19.4 Å². The van der Waals surface area contributed by atoms with Crippen LogP contribution in [0.25, 0.3) is 0 Å². The molecule has 0 atom stereocenters. The van der Waals surface area contributed by atoms with Crippen LogP contribution < -0.4 is 5.56 Å². The molecule has 19 heavy (non-hydrogen) atoms. The molecule has 0 saturated heterocycles. The quantitative estimate of drug-likeness (QED) is 0.849. The summed E-state index contributed by atoms with van der Waals surface area (Å²) in [7, 11) is 0. The second-order valence-electron chi connectivity index (χ2n) is 3.92. The summed E-state index contributed by atoms with van der Waals surface area (Å²) in [6.45, 7) is 0.895. The molecule has 9 heteroatoms. The molecule has 0 unspecified atom stereocenters. The van der Waals surface area contributed by atoms with Crippen molar-refractivity contribution in [3.05, 3.63) is 27.2 Å². The summed E-state index contributed by atoms with van der Waals surface area (Å²) in [5.41, 5.74) is -2.08. The first-order chi connectivity index (χ1) is 8.58. The number of aromatic nitrogens is 2. The summed E-state index contributed by atoms with van der Waals surface area (Å²) in [4.78, 5) is 22.5. The number of carboxylic acids is 1. The minimum absolute atomic E-state index is 0.00191. The lowest BCUT2D eigenvalue weighted by Crippen LogP contribution is -2.40. The van der Waals surface area contributed by atoms with Crippen molar-refractivity contribution in [2.45, 2.75) is 32.7 Å². The zero-order chi connectivity index (χ0) is 15.0. The minimum Gasteiger partial charge on any atom is -0.477 e. The average molecular weight is 282 g/mol. The minimum atomic E-state index is -4.46. The van der Waals surface area contributed by atoms with Gasteiger partial charge in [0.15, 0.2) is 0 Å². The predicted octanol–water partition coefficient (Wildman–Crippen LogP) is 1.46. The Morgan fingerprint density at radius 1 is 1.42 bits per heavy atom. The van der Waals surface area contributed by atoms with Gasteiger partial charge < -0.3 is 5.11 Å². The number of hydrogen-bond donors (Lipinski definition) is 1. The van der Waals surface area contributed by atoms with Crippen LogP contribution in [0.3, 0.4) is 0 Å². The van der Waals surface area contributed by atoms with Gasteiger partial charge in [-0.1, -0.05) is 0 Å². The van der Waals surface area contributed by atoms with E-state index in [1.807, 2.05) is 0 Å². The number of carboxylic acid groups (broad SMARTS) is 1. The van der Waals surface area contributed by atoms with Crippen LogP contribution in [0, 0.1) is 13.8 Å². The highest BCUT2D eigenvalue weighted by molar-refractivity contribution is 5.88. The number of carbonyl (C=O) groups is 1. The van der Waals surface area contributed by atoms with Gasteiger partial charge in [0.05, 0.1) is 5.69 Å². The van der Waals surface area contributed by atoms with Crippen molar-refractivity contribution in [3.8, 4) is 0 Å². The third kappa shape index (κ3) is 2.91. The van der Waals surface area contributed by atoms with E-state index in [9.17, 15) is 27.2 Å². The molecule has 1 N–H and O–H groups in total. The van der Waals surface area contributed by atoms with Gasteiger partial charge >= 0.3 is 18.3 Å². The molecule has 1 aromatic heterocycles. The van der Waals surface area contributed by atoms with Crippen LogP contribution in [-0.4, -0.2) is 33.2 Å². The molecule has 0 fully saturated rings. The van der Waals surface area contributed by atoms with Gasteiger partial charge in [-0.3, -0.25) is 4.79 Å². The summed E-state index contributed by atoms with van der Waals surface area (Å²) in [5, 5.41) is 12.2. The molecular formula is C10H10F4N2O3. The van der Waals surface area contributed by atoms with Gasteiger partial charge in [0.1, 0.15) is 12.1 Å². The lowest BCUT2D eigenvalue weighted by Gasteiger charge is -2.17. The van der Waals surface area contributed by atoms with Crippen molar-refractivity contribution in [2.75, 3.05) is 0 Å². The number of halogens is 4. The molecule has 0 amide bonds. The van der Waals surface area contributed by atoms with Crippen LogP contribution in [0.2, 0.25) is 0 Å². The van der Waals surface area contributed by atoms with Crippen LogP contribution in [0.1, 0.15) is 21.6 Å². The monoisotopic (exact) mass is 282 g/mol. The second-order valence-corrected chi connectivity index (χ2v) is 3.92. The molecule has 0 saturated carbocycles. The van der Waals surface area contributed by atoms with Gasteiger partial charge in [-0.2, -0.15) is 13.9 Å². The second kappa shape index (κ2) is 4.98. The van der Waals surface area contributed by atoms with E-state index in [1.165, 1.54) is 13.8 Å². The van der Waals surface area contributed by atoms with Crippen LogP contribution in [0.15, 0.2) is 4.79 Å². The largest absolute Gasteiger partial charge is 0.477 e. The molecule has 1 heterocycles. The van der Waals surface area contributed by atoms with Crippen molar-refractivity contribution < 1.29 is 27.5 Å². The molecule has 0 aliphatic heterocycles. The molecule has 0 spiro atoms. The number of hydrogen-bond acceptors (Lipinski definition) is 3. The molecule has 1 aromatic rings. The lowest BCUT2D eigenvalue weighted by molar-refractivity contribution is -0.140. The Labute approximate surface area is 104 Å². The van der Waals surface area contributed by atoms with Gasteiger partial charge in [0, 0.05) is 0 Å². The molecule has 0 radical (unpaired) electrons. The van der Waals surface area contributed by atoms with E-state index in [-0.39, 0.29) is 15.9 Å². The standard InChI is InChI=1S/C10H10F4N2O3/c1-4-5(2)15-16(3-10(13,14)9(11)12)7(17)6(4)8(18)19/h9H,3H2,1-2H3,(H,18,19). The maximum atomic E-state index is 12.9. The molecular weight excluding hydrogens is 272 g/mol. The van der Waals surface area contributed by atoms with E-state index in [4.69, 9.17) is 5.11 Å². The van der Waals surface area contributed by atoms with Crippen molar-refractivity contribution in [1.82, 2.24) is 9.78 Å². The Bertz CT molecular complexity index is 569. The summed E-state index contributed by atoms with van der Waals surface area (Å²) < 4.78 is 49.9. The molecule has 0 aliphatic rings. The highest BCUT2D eigenvalue weighted by Crippen LogP contribution is 2.24. The third-order valence-corrected chi connectivity index (χ3v) is 2.53. The molecule has 1 rings (SSSR count). The maximum Gasteiger partial charge on any atom is 0.341 e. The number of rotatable bonds is 4. The van der Waals surface area contributed by atoms with E-state index in [1.54, 1.807) is 0 Å². The van der Waals surface area contributed by atoms with Gasteiger partial charge in [0.2, 0.25) is 0 Å². The van der Waals surface area contributed by atoms with Gasteiger partial charge in [-0.25, -0.2) is 18.3 Å². The first-order valence-corrected chi connectivity index (χ1v) is 5.05. The Kier molecular flexibility index (Phi) is 3.97. The number of aromatic carboxylic acids is 1. The van der Waals surface area contributed by atoms with E-state index in [0.717, 1.165) is 0 Å². The van der Waals surface area contributed by atoms with E-state index < -0.39 is 36.0 Å².